The molecule has 2 aromatic carbocycles. The number of nitrogens with zero attached hydrogens (tertiary/aromatic N) is 2. The van der Waals surface area contributed by atoms with Crippen LogP contribution in [0.2, 0.25) is 0 Å². The molecule has 0 bridgehead atoms. The van der Waals surface area contributed by atoms with Crippen molar-refractivity contribution in [1.82, 2.24) is 4.90 Å². The molecule has 0 atom stereocenters. The summed E-state index contributed by atoms with van der Waals surface area (Å²) in [6, 6.07) is 16.9. The van der Waals surface area contributed by atoms with Gasteiger partial charge in [0.25, 0.3) is 0 Å². The summed E-state index contributed by atoms with van der Waals surface area (Å²) in [5.41, 5.74) is 3.71. The van der Waals surface area contributed by atoms with Gasteiger partial charge in [-0.2, -0.15) is 0 Å². The van der Waals surface area contributed by atoms with Crippen molar-refractivity contribution in [1.29, 1.82) is 0 Å². The Balaban J connectivity index is 1.58. The second-order valence-electron chi connectivity index (χ2n) is 6.49. The van der Waals surface area contributed by atoms with Crippen LogP contribution in [0, 0.1) is 6.92 Å². The van der Waals surface area contributed by atoms with Crippen LogP contribution in [0.5, 0.6) is 5.75 Å². The van der Waals surface area contributed by atoms with Gasteiger partial charge in [-0.05, 0) is 55.3 Å². The average molecular weight is 355 g/mol. The smallest absolute Gasteiger partial charge is 0.119 e. The normalized spacial score (nSPS) is 14.5. The van der Waals surface area contributed by atoms with Crippen LogP contribution < -0.4 is 9.64 Å². The summed E-state index contributed by atoms with van der Waals surface area (Å²) in [4.78, 5) is 5.68. The van der Waals surface area contributed by atoms with Crippen LogP contribution in [0.25, 0.3) is 0 Å². The van der Waals surface area contributed by atoms with Gasteiger partial charge in [0, 0.05) is 37.4 Å². The van der Waals surface area contributed by atoms with E-state index in [-0.39, 0.29) is 0 Å². The van der Waals surface area contributed by atoms with E-state index in [1.807, 2.05) is 12.1 Å². The second-order valence-corrected chi connectivity index (χ2v) is 6.88. The Morgan fingerprint density at radius 1 is 1.04 bits per heavy atom. The number of benzene rings is 2. The fourth-order valence-corrected chi connectivity index (χ4v) is 3.41. The fourth-order valence-electron chi connectivity index (χ4n) is 3.09. The Morgan fingerprint density at radius 2 is 1.76 bits per heavy atom. The monoisotopic (exact) mass is 354 g/mol. The molecule has 132 valence electrons. The van der Waals surface area contributed by atoms with E-state index >= 15 is 0 Å². The highest BCUT2D eigenvalue weighted by Gasteiger charge is 2.20. The molecular weight excluding hydrogens is 328 g/mol. The molecule has 0 unspecified atom stereocenters. The first-order valence-electron chi connectivity index (χ1n) is 9.01. The molecule has 0 saturated carbocycles. The molecule has 1 saturated heterocycles. The lowest BCUT2D eigenvalue weighted by Crippen LogP contribution is -2.48. The zero-order valence-corrected chi connectivity index (χ0v) is 15.9. The van der Waals surface area contributed by atoms with E-state index in [0.717, 1.165) is 55.5 Å². The first-order valence-corrected chi connectivity index (χ1v) is 9.42. The maximum absolute atomic E-state index is 5.71. The van der Waals surface area contributed by atoms with Crippen LogP contribution in [0.15, 0.2) is 48.5 Å². The summed E-state index contributed by atoms with van der Waals surface area (Å²) in [6.07, 6.45) is 1.02. The first-order chi connectivity index (χ1) is 12.2. The van der Waals surface area contributed by atoms with Crippen molar-refractivity contribution in [3.8, 4) is 5.75 Å². The number of rotatable bonds is 5. The lowest BCUT2D eigenvalue weighted by Gasteiger charge is -2.37. The van der Waals surface area contributed by atoms with Gasteiger partial charge in [0.15, 0.2) is 0 Å². The highest BCUT2D eigenvalue weighted by atomic mass is 32.1. The number of hydrogen-bond acceptors (Lipinski definition) is 3. The lowest BCUT2D eigenvalue weighted by molar-refractivity contribution is 0.317. The number of aryl methyl sites for hydroxylation is 1. The van der Waals surface area contributed by atoms with E-state index < -0.39 is 0 Å². The zero-order valence-electron chi connectivity index (χ0n) is 15.1. The van der Waals surface area contributed by atoms with E-state index in [9.17, 15) is 0 Å². The summed E-state index contributed by atoms with van der Waals surface area (Å²) in [6.45, 7) is 8.93. The molecule has 0 amide bonds. The lowest BCUT2D eigenvalue weighted by atomic mass is 10.1. The Hall–Kier alpha value is -2.07. The van der Waals surface area contributed by atoms with Gasteiger partial charge >= 0.3 is 0 Å². The van der Waals surface area contributed by atoms with E-state index in [2.05, 4.69) is 60.0 Å². The summed E-state index contributed by atoms with van der Waals surface area (Å²) >= 11 is 5.71. The Morgan fingerprint density at radius 3 is 2.40 bits per heavy atom. The summed E-state index contributed by atoms with van der Waals surface area (Å²) in [5, 5.41) is 0. The zero-order chi connectivity index (χ0) is 17.6. The number of ether oxygens (including phenoxy) is 1. The van der Waals surface area contributed by atoms with Crippen molar-refractivity contribution in [3.63, 3.8) is 0 Å². The molecular formula is C21H26N2OS. The van der Waals surface area contributed by atoms with Crippen LogP contribution >= 0.6 is 12.2 Å². The minimum atomic E-state index is 0.755. The van der Waals surface area contributed by atoms with Crippen molar-refractivity contribution in [2.75, 3.05) is 37.7 Å². The fraction of sp³-hybridized carbons (Fsp3) is 0.381. The maximum atomic E-state index is 5.71. The van der Waals surface area contributed by atoms with Gasteiger partial charge in [-0.1, -0.05) is 31.3 Å². The number of piperazine rings is 1. The van der Waals surface area contributed by atoms with Crippen LogP contribution in [-0.2, 0) is 0 Å². The largest absolute Gasteiger partial charge is 0.494 e. The topological polar surface area (TPSA) is 15.7 Å². The Bertz CT molecular complexity index is 706. The highest BCUT2D eigenvalue weighted by Crippen LogP contribution is 2.20. The van der Waals surface area contributed by atoms with Gasteiger partial charge < -0.3 is 14.5 Å². The summed E-state index contributed by atoms with van der Waals surface area (Å²) < 4.78 is 5.64. The number of hydrogen-bond donors (Lipinski definition) is 0. The third-order valence-electron chi connectivity index (χ3n) is 4.51. The van der Waals surface area contributed by atoms with Crippen molar-refractivity contribution in [3.05, 3.63) is 59.7 Å². The summed E-state index contributed by atoms with van der Waals surface area (Å²) in [7, 11) is 0. The van der Waals surface area contributed by atoms with Crippen molar-refractivity contribution < 1.29 is 4.74 Å². The van der Waals surface area contributed by atoms with E-state index in [4.69, 9.17) is 17.0 Å². The van der Waals surface area contributed by atoms with Gasteiger partial charge in [0.05, 0.1) is 6.61 Å². The van der Waals surface area contributed by atoms with E-state index in [1.54, 1.807) is 0 Å². The first kappa shape index (κ1) is 17.7. The minimum Gasteiger partial charge on any atom is -0.494 e. The SMILES string of the molecule is CCCOc1ccc(C(=S)N2CCN(c3cccc(C)c3)CC2)cc1. The molecule has 0 spiro atoms. The minimum absolute atomic E-state index is 0.755. The van der Waals surface area contributed by atoms with Gasteiger partial charge in [-0.3, -0.25) is 0 Å². The van der Waals surface area contributed by atoms with Gasteiger partial charge in [0.2, 0.25) is 0 Å². The predicted octanol–water partition coefficient (Wildman–Crippen LogP) is 4.28. The third-order valence-corrected chi connectivity index (χ3v) is 5.00. The molecule has 0 aromatic heterocycles. The molecule has 4 heteroatoms. The molecule has 0 N–H and O–H groups in total. The molecule has 25 heavy (non-hydrogen) atoms. The Labute approximate surface area is 156 Å². The van der Waals surface area contributed by atoms with Crippen molar-refractivity contribution in [2.24, 2.45) is 0 Å². The van der Waals surface area contributed by atoms with Crippen molar-refractivity contribution >= 4 is 22.9 Å². The molecule has 0 radical (unpaired) electrons. The highest BCUT2D eigenvalue weighted by molar-refractivity contribution is 7.80. The molecule has 3 nitrogen and oxygen atoms in total. The molecule has 1 aliphatic heterocycles. The van der Waals surface area contributed by atoms with Crippen molar-refractivity contribution in [2.45, 2.75) is 20.3 Å². The molecule has 1 fully saturated rings. The van der Waals surface area contributed by atoms with Gasteiger partial charge in [-0.25, -0.2) is 0 Å². The molecule has 1 heterocycles. The molecule has 0 aliphatic carbocycles. The quantitative estimate of drug-likeness (QED) is 0.744. The molecule has 3 rings (SSSR count). The standard InChI is InChI=1S/C21H26N2OS/c1-3-15-24-20-9-7-18(8-10-20)21(25)23-13-11-22(12-14-23)19-6-4-5-17(2)16-19/h4-10,16H,3,11-15H2,1-2H3. The summed E-state index contributed by atoms with van der Waals surface area (Å²) in [5.74, 6) is 0.915. The van der Waals surface area contributed by atoms with E-state index in [1.165, 1.54) is 11.3 Å². The average Bonchev–Trinajstić information content (AvgIpc) is 2.66. The molecule has 1 aliphatic rings. The van der Waals surface area contributed by atoms with Crippen LogP contribution in [-0.4, -0.2) is 42.7 Å². The van der Waals surface area contributed by atoms with Crippen LogP contribution in [0.4, 0.5) is 5.69 Å². The number of anilines is 1. The van der Waals surface area contributed by atoms with Crippen LogP contribution in [0.1, 0.15) is 24.5 Å². The van der Waals surface area contributed by atoms with E-state index in [0.29, 0.717) is 0 Å². The second kappa shape index (κ2) is 8.34. The maximum Gasteiger partial charge on any atom is 0.119 e. The predicted molar refractivity (Wildman–Crippen MR) is 109 cm³/mol. The molecule has 2 aromatic rings. The third kappa shape index (κ3) is 4.51. The van der Waals surface area contributed by atoms with Gasteiger partial charge in [-0.15, -0.1) is 0 Å². The number of thiocarbonyl (C=S) groups is 1. The van der Waals surface area contributed by atoms with Gasteiger partial charge in [0.1, 0.15) is 10.7 Å². The Kier molecular flexibility index (Phi) is 5.92. The van der Waals surface area contributed by atoms with Crippen LogP contribution in [0.3, 0.4) is 0 Å².